The maximum Gasteiger partial charge on any atom is 0.410 e. The van der Waals surface area contributed by atoms with E-state index in [2.05, 4.69) is 40.8 Å². The maximum absolute atomic E-state index is 12.6. The summed E-state index contributed by atoms with van der Waals surface area (Å²) in [4.78, 5) is 14.6. The molecular weight excluding hydrogens is 318 g/mol. The highest BCUT2D eigenvalue weighted by Gasteiger charge is 2.38. The van der Waals surface area contributed by atoms with Crippen molar-refractivity contribution in [1.82, 2.24) is 4.90 Å². The second-order valence-electron chi connectivity index (χ2n) is 9.72. The molecule has 142 valence electrons. The lowest BCUT2D eigenvalue weighted by atomic mass is 9.95. The molecule has 0 aromatic heterocycles. The number of hydrogen-bond acceptors (Lipinski definition) is 3. The third-order valence-electron chi connectivity index (χ3n) is 5.35. The molecule has 1 heterocycles. The number of piperidine rings is 1. The fourth-order valence-corrected chi connectivity index (χ4v) is 3.94. The normalized spacial score (nSPS) is 23.3. The van der Waals surface area contributed by atoms with Gasteiger partial charge in [-0.1, -0.05) is 20.8 Å². The van der Waals surface area contributed by atoms with Crippen molar-refractivity contribution in [2.45, 2.75) is 110 Å². The predicted molar refractivity (Wildman–Crippen MR) is 103 cm³/mol. The Morgan fingerprint density at radius 2 is 1.71 bits per heavy atom. The fraction of sp³-hybridized carbons (Fsp3) is 0.947. The molecule has 5 heteroatoms. The molecule has 0 N–H and O–H groups in total. The smallest absolute Gasteiger partial charge is 0.410 e. The van der Waals surface area contributed by atoms with Crippen LogP contribution in [0.1, 0.15) is 74.1 Å². The van der Waals surface area contributed by atoms with Crippen molar-refractivity contribution in [1.29, 1.82) is 0 Å². The molecule has 0 unspecified atom stereocenters. The summed E-state index contributed by atoms with van der Waals surface area (Å²) >= 11 is 0. The van der Waals surface area contributed by atoms with Crippen LogP contribution in [0.3, 0.4) is 0 Å². The van der Waals surface area contributed by atoms with Crippen LogP contribution in [0.15, 0.2) is 0 Å². The third kappa shape index (κ3) is 6.07. The summed E-state index contributed by atoms with van der Waals surface area (Å²) in [5, 5.41) is 0.220. The summed E-state index contributed by atoms with van der Waals surface area (Å²) in [6.45, 7) is 20.0. The lowest BCUT2D eigenvalue weighted by molar-refractivity contribution is -0.00582. The molecule has 0 aromatic carbocycles. The minimum Gasteiger partial charge on any atom is -0.444 e. The van der Waals surface area contributed by atoms with E-state index in [4.69, 9.17) is 9.16 Å². The highest BCUT2D eigenvalue weighted by Crippen LogP contribution is 2.37. The summed E-state index contributed by atoms with van der Waals surface area (Å²) in [5.41, 5.74) is -0.448. The number of carbonyl (C=O) groups excluding carboxylic acids is 1. The zero-order valence-corrected chi connectivity index (χ0v) is 18.4. The quantitative estimate of drug-likeness (QED) is 0.617. The SMILES string of the molecule is C[C@H]1CCC[C@H](CCO[Si](C)(C)C(C)(C)C)N1C(=O)OC(C)(C)C. The van der Waals surface area contributed by atoms with Crippen LogP contribution >= 0.6 is 0 Å². The lowest BCUT2D eigenvalue weighted by Crippen LogP contribution is -2.51. The average molecular weight is 358 g/mol. The molecule has 1 fully saturated rings. The Kier molecular flexibility index (Phi) is 6.96. The first-order chi connectivity index (χ1) is 10.7. The molecule has 1 rings (SSSR count). The minimum atomic E-state index is -1.73. The summed E-state index contributed by atoms with van der Waals surface area (Å²) in [5.74, 6) is 0. The Bertz CT molecular complexity index is 423. The van der Waals surface area contributed by atoms with Gasteiger partial charge >= 0.3 is 6.09 Å². The zero-order valence-electron chi connectivity index (χ0n) is 17.4. The molecule has 1 aliphatic heterocycles. The van der Waals surface area contributed by atoms with Crippen LogP contribution in [-0.4, -0.2) is 43.6 Å². The molecule has 1 aliphatic rings. The van der Waals surface area contributed by atoms with Gasteiger partial charge < -0.3 is 14.1 Å². The van der Waals surface area contributed by atoms with Gasteiger partial charge in [-0.05, 0) is 71.5 Å². The molecule has 1 amide bonds. The predicted octanol–water partition coefficient (Wildman–Crippen LogP) is 5.58. The summed E-state index contributed by atoms with van der Waals surface area (Å²) in [7, 11) is -1.73. The van der Waals surface area contributed by atoms with Crippen LogP contribution in [0.2, 0.25) is 18.1 Å². The Morgan fingerprint density at radius 3 is 2.21 bits per heavy atom. The van der Waals surface area contributed by atoms with Crippen molar-refractivity contribution in [3.8, 4) is 0 Å². The molecular formula is C19H39NO3Si. The highest BCUT2D eigenvalue weighted by atomic mass is 28.4. The first kappa shape index (κ1) is 21.5. The van der Waals surface area contributed by atoms with E-state index in [9.17, 15) is 4.79 Å². The number of hydrogen-bond donors (Lipinski definition) is 0. The highest BCUT2D eigenvalue weighted by molar-refractivity contribution is 6.74. The van der Waals surface area contributed by atoms with Gasteiger partial charge in [0.2, 0.25) is 0 Å². The second-order valence-corrected chi connectivity index (χ2v) is 14.5. The first-order valence-corrected chi connectivity index (χ1v) is 12.3. The molecule has 0 aromatic rings. The molecule has 24 heavy (non-hydrogen) atoms. The number of ether oxygens (including phenoxy) is 1. The van der Waals surface area contributed by atoms with Crippen molar-refractivity contribution >= 4 is 14.4 Å². The fourth-order valence-electron chi connectivity index (χ4n) is 2.88. The van der Waals surface area contributed by atoms with Crippen LogP contribution < -0.4 is 0 Å². The largest absolute Gasteiger partial charge is 0.444 e. The van der Waals surface area contributed by atoms with E-state index in [1.807, 2.05) is 25.7 Å². The molecule has 2 atom stereocenters. The van der Waals surface area contributed by atoms with Gasteiger partial charge in [0.15, 0.2) is 8.32 Å². The minimum absolute atomic E-state index is 0.174. The van der Waals surface area contributed by atoms with E-state index in [1.54, 1.807) is 0 Å². The van der Waals surface area contributed by atoms with E-state index >= 15 is 0 Å². The van der Waals surface area contributed by atoms with Gasteiger partial charge in [0.25, 0.3) is 0 Å². The summed E-state index contributed by atoms with van der Waals surface area (Å²) < 4.78 is 12.0. The molecule has 0 spiro atoms. The van der Waals surface area contributed by atoms with Crippen LogP contribution in [0.25, 0.3) is 0 Å². The van der Waals surface area contributed by atoms with Crippen LogP contribution in [0.5, 0.6) is 0 Å². The second kappa shape index (κ2) is 7.77. The Labute approximate surface area is 150 Å². The van der Waals surface area contributed by atoms with E-state index in [1.165, 1.54) is 6.42 Å². The number of likely N-dealkylation sites (tertiary alicyclic amines) is 1. The molecule has 0 radical (unpaired) electrons. The van der Waals surface area contributed by atoms with E-state index < -0.39 is 13.9 Å². The number of carbonyl (C=O) groups is 1. The number of nitrogens with zero attached hydrogens (tertiary/aromatic N) is 1. The molecule has 0 saturated carbocycles. The van der Waals surface area contributed by atoms with Crippen molar-refractivity contribution in [2.75, 3.05) is 6.61 Å². The average Bonchev–Trinajstić information content (AvgIpc) is 2.34. The van der Waals surface area contributed by atoms with Gasteiger partial charge in [-0.3, -0.25) is 0 Å². The Morgan fingerprint density at radius 1 is 1.12 bits per heavy atom. The topological polar surface area (TPSA) is 38.8 Å². The number of rotatable bonds is 4. The zero-order chi connectivity index (χ0) is 18.8. The van der Waals surface area contributed by atoms with E-state index in [0.29, 0.717) is 0 Å². The van der Waals surface area contributed by atoms with Crippen molar-refractivity contribution < 1.29 is 14.0 Å². The van der Waals surface area contributed by atoms with E-state index in [0.717, 1.165) is 25.9 Å². The standard InChI is InChI=1S/C19H39NO3Si/c1-15-11-10-12-16(20(15)17(21)23-18(2,3)4)13-14-22-24(8,9)19(5,6)7/h15-16H,10-14H2,1-9H3/t15-,16+/m0/s1. The Hall–Kier alpha value is -0.553. The van der Waals surface area contributed by atoms with Gasteiger partial charge in [-0.25, -0.2) is 4.79 Å². The van der Waals surface area contributed by atoms with Gasteiger partial charge in [0.05, 0.1) is 0 Å². The van der Waals surface area contributed by atoms with E-state index in [-0.39, 0.29) is 23.2 Å². The summed E-state index contributed by atoms with van der Waals surface area (Å²) in [6, 6.07) is 0.472. The Balaban J connectivity index is 2.68. The van der Waals surface area contributed by atoms with Crippen LogP contribution in [0, 0.1) is 0 Å². The summed E-state index contributed by atoms with van der Waals surface area (Å²) in [6.07, 6.45) is 4.00. The van der Waals surface area contributed by atoms with Crippen molar-refractivity contribution in [3.05, 3.63) is 0 Å². The van der Waals surface area contributed by atoms with Gasteiger partial charge in [0, 0.05) is 18.7 Å². The molecule has 0 bridgehead atoms. The van der Waals surface area contributed by atoms with Gasteiger partial charge in [-0.15, -0.1) is 0 Å². The number of amides is 1. The van der Waals surface area contributed by atoms with Gasteiger partial charge in [0.1, 0.15) is 5.60 Å². The van der Waals surface area contributed by atoms with Crippen LogP contribution in [0.4, 0.5) is 4.79 Å². The third-order valence-corrected chi connectivity index (χ3v) is 9.89. The maximum atomic E-state index is 12.6. The molecule has 4 nitrogen and oxygen atoms in total. The molecule has 0 aliphatic carbocycles. The first-order valence-electron chi connectivity index (χ1n) is 9.40. The monoisotopic (exact) mass is 357 g/mol. The lowest BCUT2D eigenvalue weighted by Gasteiger charge is -2.42. The van der Waals surface area contributed by atoms with Crippen LogP contribution in [-0.2, 0) is 9.16 Å². The molecule has 1 saturated heterocycles. The van der Waals surface area contributed by atoms with Gasteiger partial charge in [-0.2, -0.15) is 0 Å². The van der Waals surface area contributed by atoms with Crippen molar-refractivity contribution in [2.24, 2.45) is 0 Å². The van der Waals surface area contributed by atoms with Crippen molar-refractivity contribution in [3.63, 3.8) is 0 Å².